The number of hydrogen-bond acceptors (Lipinski definition) is 8. The zero-order valence-electron chi connectivity index (χ0n) is 21.5. The quantitative estimate of drug-likeness (QED) is 0.0424. The summed E-state index contributed by atoms with van der Waals surface area (Å²) < 4.78 is 0. The Kier molecular flexibility index (Phi) is 9.92. The highest BCUT2D eigenvalue weighted by molar-refractivity contribution is 6.06. The molecule has 0 spiro atoms. The molecule has 3 unspecified atom stereocenters. The van der Waals surface area contributed by atoms with Gasteiger partial charge in [0.2, 0.25) is 11.8 Å². The lowest BCUT2D eigenvalue weighted by Gasteiger charge is -2.28. The minimum Gasteiger partial charge on any atom is -0.398 e. The van der Waals surface area contributed by atoms with Crippen LogP contribution in [0.2, 0.25) is 0 Å². The number of Topliss-reactive ketones (excluding diaryl/α,β-unsaturated/α-hetero) is 1. The van der Waals surface area contributed by atoms with E-state index in [2.05, 4.69) is 10.6 Å². The maximum Gasteiger partial charge on any atom is 0.270 e. The normalized spacial score (nSPS) is 16.2. The second-order valence-electron chi connectivity index (χ2n) is 9.42. The van der Waals surface area contributed by atoms with Crippen LogP contribution in [0, 0.1) is 15.5 Å². The van der Waals surface area contributed by atoms with Gasteiger partial charge in [-0.2, -0.15) is 0 Å². The van der Waals surface area contributed by atoms with Gasteiger partial charge >= 0.3 is 0 Å². The van der Waals surface area contributed by atoms with Crippen LogP contribution in [-0.4, -0.2) is 64.6 Å². The molecule has 0 aromatic heterocycles. The highest BCUT2D eigenvalue weighted by atomic mass is 16.6. The molecule has 2 aromatic rings. The van der Waals surface area contributed by atoms with Crippen molar-refractivity contribution in [3.05, 3.63) is 69.8 Å². The number of nitrogen functional groups attached to an aromatic ring is 1. The van der Waals surface area contributed by atoms with Crippen LogP contribution in [0.15, 0.2) is 48.5 Å². The predicted octanol–water partition coefficient (Wildman–Crippen LogP) is 0.669. The van der Waals surface area contributed by atoms with Gasteiger partial charge in [0, 0.05) is 36.5 Å². The molecular weight excluding hydrogens is 504 g/mol. The number of amides is 2. The summed E-state index contributed by atoms with van der Waals surface area (Å²) in [7, 11) is 0. The van der Waals surface area contributed by atoms with Gasteiger partial charge in [0.1, 0.15) is 6.04 Å². The molecule has 2 amide bonds. The van der Waals surface area contributed by atoms with Crippen molar-refractivity contribution in [3.8, 4) is 0 Å². The summed E-state index contributed by atoms with van der Waals surface area (Å²) in [6.07, 6.45) is 1.81. The van der Waals surface area contributed by atoms with Crippen molar-refractivity contribution in [1.82, 2.24) is 15.5 Å². The first-order chi connectivity index (χ1) is 18.6. The Hall–Kier alpha value is -4.52. The summed E-state index contributed by atoms with van der Waals surface area (Å²) in [5.74, 6) is -1.71. The van der Waals surface area contributed by atoms with Crippen LogP contribution in [0.3, 0.4) is 0 Å². The minimum absolute atomic E-state index is 0.0382. The van der Waals surface area contributed by atoms with Crippen molar-refractivity contribution >= 4 is 34.9 Å². The molecule has 1 aliphatic heterocycles. The number of hydrogen-bond donors (Lipinski definition) is 6. The molecule has 13 heteroatoms. The molecule has 39 heavy (non-hydrogen) atoms. The molecule has 0 aliphatic carbocycles. The third-order valence-electron chi connectivity index (χ3n) is 6.59. The number of carbonyl (C=O) groups excluding carboxylic acids is 3. The Labute approximate surface area is 225 Å². The summed E-state index contributed by atoms with van der Waals surface area (Å²) in [6, 6.07) is 10.1. The summed E-state index contributed by atoms with van der Waals surface area (Å²) in [5, 5.41) is 23.9. The van der Waals surface area contributed by atoms with Gasteiger partial charge < -0.3 is 32.7 Å². The highest BCUT2D eigenvalue weighted by Gasteiger charge is 2.38. The minimum atomic E-state index is -1.08. The SMILES string of the molecule is N=C(N)NCCCC(NC(=O)C1CCCN1C(=O)C(N)Cc1ccccc1)C(=O)c1cc([N+](=O)[O-])ccc1N. The lowest BCUT2D eigenvalue weighted by atomic mass is 9.97. The van der Waals surface area contributed by atoms with Crippen LogP contribution >= 0.6 is 0 Å². The molecule has 1 fully saturated rings. The van der Waals surface area contributed by atoms with Crippen LogP contribution in [0.25, 0.3) is 0 Å². The molecule has 1 heterocycles. The lowest BCUT2D eigenvalue weighted by molar-refractivity contribution is -0.384. The van der Waals surface area contributed by atoms with E-state index >= 15 is 0 Å². The predicted molar refractivity (Wildman–Crippen MR) is 146 cm³/mol. The van der Waals surface area contributed by atoms with Crippen LogP contribution < -0.4 is 27.8 Å². The molecule has 0 bridgehead atoms. The number of benzene rings is 2. The molecule has 0 radical (unpaired) electrons. The van der Waals surface area contributed by atoms with E-state index in [1.165, 1.54) is 17.0 Å². The summed E-state index contributed by atoms with van der Waals surface area (Å²) in [6.45, 7) is 0.625. The number of rotatable bonds is 12. The number of nitro groups is 1. The monoisotopic (exact) mass is 538 g/mol. The lowest BCUT2D eigenvalue weighted by Crippen LogP contribution is -2.54. The maximum absolute atomic E-state index is 13.4. The van der Waals surface area contributed by atoms with E-state index in [9.17, 15) is 24.5 Å². The van der Waals surface area contributed by atoms with Gasteiger partial charge in [0.15, 0.2) is 11.7 Å². The molecule has 3 rings (SSSR count). The van der Waals surface area contributed by atoms with Crippen molar-refractivity contribution in [2.75, 3.05) is 18.8 Å². The first-order valence-corrected chi connectivity index (χ1v) is 12.6. The van der Waals surface area contributed by atoms with Crippen LogP contribution in [-0.2, 0) is 16.0 Å². The van der Waals surface area contributed by atoms with Crippen LogP contribution in [0.5, 0.6) is 0 Å². The van der Waals surface area contributed by atoms with Crippen molar-refractivity contribution < 1.29 is 19.3 Å². The largest absolute Gasteiger partial charge is 0.398 e. The Morgan fingerprint density at radius 1 is 1.18 bits per heavy atom. The third-order valence-corrected chi connectivity index (χ3v) is 6.59. The first kappa shape index (κ1) is 29.0. The van der Waals surface area contributed by atoms with E-state index in [-0.39, 0.29) is 41.8 Å². The average molecular weight is 539 g/mol. The van der Waals surface area contributed by atoms with E-state index in [0.29, 0.717) is 32.2 Å². The number of ketones is 1. The zero-order valence-corrected chi connectivity index (χ0v) is 21.5. The van der Waals surface area contributed by atoms with Gasteiger partial charge in [-0.1, -0.05) is 30.3 Å². The zero-order chi connectivity index (χ0) is 28.5. The number of nitrogens with two attached hydrogens (primary N) is 3. The van der Waals surface area contributed by atoms with Crippen LogP contribution in [0.4, 0.5) is 11.4 Å². The fourth-order valence-corrected chi connectivity index (χ4v) is 4.60. The Morgan fingerprint density at radius 2 is 1.90 bits per heavy atom. The summed E-state index contributed by atoms with van der Waals surface area (Å²) in [4.78, 5) is 52.0. The van der Waals surface area contributed by atoms with Crippen molar-refractivity contribution in [1.29, 1.82) is 5.41 Å². The standard InChI is InChI=1S/C26H34N8O5/c27-19-11-10-17(34(38)39)15-18(19)23(35)21(8-4-12-31-26(29)30)32-24(36)22-9-5-13-33(22)25(37)20(28)14-16-6-2-1-3-7-16/h1-3,6-7,10-11,15,20-22H,4-5,8-9,12-14,27-28H2,(H,32,36)(H4,29,30,31). The second kappa shape index (κ2) is 13.3. The fourth-order valence-electron chi connectivity index (χ4n) is 4.60. The van der Waals surface area contributed by atoms with Crippen molar-refractivity contribution in [2.24, 2.45) is 11.5 Å². The summed E-state index contributed by atoms with van der Waals surface area (Å²) >= 11 is 0. The second-order valence-corrected chi connectivity index (χ2v) is 9.42. The number of nitrogens with zero attached hydrogens (tertiary/aromatic N) is 2. The van der Waals surface area contributed by atoms with Gasteiger partial charge in [-0.15, -0.1) is 0 Å². The Morgan fingerprint density at radius 3 is 2.56 bits per heavy atom. The van der Waals surface area contributed by atoms with Crippen molar-refractivity contribution in [3.63, 3.8) is 0 Å². The summed E-state index contributed by atoms with van der Waals surface area (Å²) in [5.41, 5.74) is 18.0. The smallest absolute Gasteiger partial charge is 0.270 e. The molecule has 208 valence electrons. The number of likely N-dealkylation sites (tertiary alicyclic amines) is 1. The number of nitro benzene ring substituents is 1. The Bertz CT molecular complexity index is 1220. The molecule has 0 saturated carbocycles. The molecule has 2 aromatic carbocycles. The third kappa shape index (κ3) is 7.74. The van der Waals surface area contributed by atoms with Gasteiger partial charge in [0.25, 0.3) is 5.69 Å². The number of carbonyl (C=O) groups is 3. The van der Waals surface area contributed by atoms with Gasteiger partial charge in [0.05, 0.1) is 17.0 Å². The first-order valence-electron chi connectivity index (χ1n) is 12.6. The van der Waals surface area contributed by atoms with E-state index in [1.807, 2.05) is 30.3 Å². The average Bonchev–Trinajstić information content (AvgIpc) is 3.40. The number of guanidine groups is 1. The molecule has 1 saturated heterocycles. The van der Waals surface area contributed by atoms with Gasteiger partial charge in [-0.25, -0.2) is 0 Å². The maximum atomic E-state index is 13.4. The number of nitrogens with one attached hydrogen (secondary N) is 3. The molecule has 3 atom stereocenters. The van der Waals surface area contributed by atoms with Gasteiger partial charge in [-0.3, -0.25) is 29.9 Å². The topological polar surface area (TPSA) is 224 Å². The van der Waals surface area contributed by atoms with E-state index in [0.717, 1.165) is 11.6 Å². The van der Waals surface area contributed by atoms with E-state index < -0.39 is 34.7 Å². The molecule has 13 nitrogen and oxygen atoms in total. The van der Waals surface area contributed by atoms with E-state index in [1.54, 1.807) is 0 Å². The number of non-ortho nitro benzene ring substituents is 1. The highest BCUT2D eigenvalue weighted by Crippen LogP contribution is 2.23. The molecular formula is C26H34N8O5. The molecule has 1 aliphatic rings. The van der Waals surface area contributed by atoms with Crippen molar-refractivity contribution in [2.45, 2.75) is 50.2 Å². The van der Waals surface area contributed by atoms with Crippen LogP contribution in [0.1, 0.15) is 41.6 Å². The van der Waals surface area contributed by atoms with E-state index in [4.69, 9.17) is 22.6 Å². The number of anilines is 1. The molecule has 9 N–H and O–H groups in total. The Balaban J connectivity index is 1.76. The van der Waals surface area contributed by atoms with Gasteiger partial charge in [-0.05, 0) is 43.7 Å². The fraction of sp³-hybridized carbons (Fsp3) is 0.385.